The average Bonchev–Trinajstić information content (AvgIpc) is 2.61. The van der Waals surface area contributed by atoms with Crippen molar-refractivity contribution >= 4 is 17.2 Å². The van der Waals surface area contributed by atoms with E-state index >= 15 is 0 Å². The van der Waals surface area contributed by atoms with Crippen LogP contribution >= 0.6 is 11.3 Å². The predicted molar refractivity (Wildman–Crippen MR) is 61.8 cm³/mol. The summed E-state index contributed by atoms with van der Waals surface area (Å²) in [6, 6.07) is -0.144. The molecule has 0 spiro atoms. The number of hydrogen-bond donors (Lipinski definition) is 1. The first-order chi connectivity index (χ1) is 7.04. The lowest BCUT2D eigenvalue weighted by atomic mass is 10.3. The van der Waals surface area contributed by atoms with Crippen LogP contribution in [0.5, 0.6) is 0 Å². The van der Waals surface area contributed by atoms with Gasteiger partial charge in [-0.3, -0.25) is 4.79 Å². The first-order valence-corrected chi connectivity index (χ1v) is 5.75. The molecule has 1 amide bonds. The van der Waals surface area contributed by atoms with Crippen LogP contribution in [0.2, 0.25) is 0 Å². The Bertz CT molecular complexity index is 337. The third-order valence-corrected chi connectivity index (χ3v) is 3.07. The Kier molecular flexibility index (Phi) is 4.23. The van der Waals surface area contributed by atoms with Crippen molar-refractivity contribution in [3.63, 3.8) is 0 Å². The summed E-state index contributed by atoms with van der Waals surface area (Å²) in [5.41, 5.74) is 0.955. The first-order valence-electron chi connectivity index (χ1n) is 4.88. The second kappa shape index (κ2) is 5.23. The van der Waals surface area contributed by atoms with Crippen molar-refractivity contribution in [2.45, 2.75) is 26.4 Å². The van der Waals surface area contributed by atoms with Crippen LogP contribution in [0.4, 0.5) is 0 Å². The summed E-state index contributed by atoms with van der Waals surface area (Å²) in [4.78, 5) is 17.7. The molecule has 0 fully saturated rings. The minimum atomic E-state index is -0.144. The molecule has 0 bridgehead atoms. The highest BCUT2D eigenvalue weighted by atomic mass is 32.1. The molecule has 5 heteroatoms. The normalized spacial score (nSPS) is 12.5. The molecule has 0 aliphatic heterocycles. The van der Waals surface area contributed by atoms with Crippen LogP contribution < -0.4 is 5.32 Å². The van der Waals surface area contributed by atoms with E-state index in [1.165, 1.54) is 0 Å². The molecule has 1 rings (SSSR count). The number of amides is 1. The molecule has 1 unspecified atom stereocenters. The zero-order valence-electron chi connectivity index (χ0n) is 9.57. The summed E-state index contributed by atoms with van der Waals surface area (Å²) < 4.78 is 0. The Morgan fingerprint density at radius 1 is 1.73 bits per heavy atom. The highest BCUT2D eigenvalue weighted by molar-refractivity contribution is 7.09. The average molecular weight is 227 g/mol. The van der Waals surface area contributed by atoms with Crippen LogP contribution in [0.25, 0.3) is 0 Å². The van der Waals surface area contributed by atoms with Gasteiger partial charge in [-0.25, -0.2) is 4.98 Å². The van der Waals surface area contributed by atoms with Gasteiger partial charge in [0.1, 0.15) is 0 Å². The lowest BCUT2D eigenvalue weighted by Gasteiger charge is -2.19. The fourth-order valence-corrected chi connectivity index (χ4v) is 1.86. The van der Waals surface area contributed by atoms with Gasteiger partial charge in [-0.1, -0.05) is 0 Å². The smallest absolute Gasteiger partial charge is 0.239 e. The van der Waals surface area contributed by atoms with E-state index in [4.69, 9.17) is 0 Å². The van der Waals surface area contributed by atoms with Crippen molar-refractivity contribution in [3.05, 3.63) is 16.1 Å². The van der Waals surface area contributed by atoms with Crippen LogP contribution in [0.1, 0.15) is 17.6 Å². The van der Waals surface area contributed by atoms with Gasteiger partial charge < -0.3 is 10.2 Å². The van der Waals surface area contributed by atoms with Crippen LogP contribution in [0.3, 0.4) is 0 Å². The molecule has 1 atom stereocenters. The maximum Gasteiger partial charge on any atom is 0.239 e. The standard InChI is InChI=1S/C10H17N3OS/c1-7(11-3)10(14)13(4)5-9-6-15-8(2)12-9/h6-7,11H,5H2,1-4H3. The predicted octanol–water partition coefficient (Wildman–Crippen LogP) is 1.02. The molecule has 1 N–H and O–H groups in total. The van der Waals surface area contributed by atoms with E-state index in [0.717, 1.165) is 10.7 Å². The van der Waals surface area contributed by atoms with E-state index in [1.807, 2.05) is 19.2 Å². The Hall–Kier alpha value is -0.940. The highest BCUT2D eigenvalue weighted by Crippen LogP contribution is 2.10. The molecule has 4 nitrogen and oxygen atoms in total. The molecule has 0 saturated heterocycles. The SMILES string of the molecule is CNC(C)C(=O)N(C)Cc1csc(C)n1. The number of nitrogens with one attached hydrogen (secondary N) is 1. The summed E-state index contributed by atoms with van der Waals surface area (Å²) in [6.07, 6.45) is 0. The lowest BCUT2D eigenvalue weighted by molar-refractivity contribution is -0.132. The van der Waals surface area contributed by atoms with Gasteiger partial charge in [0.2, 0.25) is 5.91 Å². The molecule has 0 saturated carbocycles. The highest BCUT2D eigenvalue weighted by Gasteiger charge is 2.16. The third kappa shape index (κ3) is 3.28. The number of carbonyl (C=O) groups is 1. The lowest BCUT2D eigenvalue weighted by Crippen LogP contribution is -2.41. The Balaban J connectivity index is 2.55. The van der Waals surface area contributed by atoms with Gasteiger partial charge in [0.25, 0.3) is 0 Å². The van der Waals surface area contributed by atoms with Crippen molar-refractivity contribution in [1.29, 1.82) is 0 Å². The molecule has 1 aromatic rings. The van der Waals surface area contributed by atoms with Crippen LogP contribution in [0.15, 0.2) is 5.38 Å². The summed E-state index contributed by atoms with van der Waals surface area (Å²) in [7, 11) is 3.58. The molecule has 1 heterocycles. The van der Waals surface area contributed by atoms with Crippen LogP contribution in [-0.2, 0) is 11.3 Å². The Morgan fingerprint density at radius 2 is 2.40 bits per heavy atom. The molecule has 0 aliphatic rings. The first kappa shape index (κ1) is 12.1. The zero-order chi connectivity index (χ0) is 11.4. The van der Waals surface area contributed by atoms with Gasteiger partial charge in [0, 0.05) is 12.4 Å². The van der Waals surface area contributed by atoms with Gasteiger partial charge in [-0.2, -0.15) is 0 Å². The van der Waals surface area contributed by atoms with Gasteiger partial charge in [-0.15, -0.1) is 11.3 Å². The Morgan fingerprint density at radius 3 is 2.87 bits per heavy atom. The van der Waals surface area contributed by atoms with Crippen molar-refractivity contribution < 1.29 is 4.79 Å². The number of carbonyl (C=O) groups excluding carboxylic acids is 1. The number of aryl methyl sites for hydroxylation is 1. The van der Waals surface area contributed by atoms with E-state index in [9.17, 15) is 4.79 Å². The molecule has 0 aliphatic carbocycles. The van der Waals surface area contributed by atoms with Gasteiger partial charge >= 0.3 is 0 Å². The van der Waals surface area contributed by atoms with Crippen molar-refractivity contribution in [2.24, 2.45) is 0 Å². The fourth-order valence-electron chi connectivity index (χ4n) is 1.26. The molecule has 0 radical (unpaired) electrons. The Labute approximate surface area is 94.3 Å². The van der Waals surface area contributed by atoms with Crippen molar-refractivity contribution in [2.75, 3.05) is 14.1 Å². The zero-order valence-corrected chi connectivity index (χ0v) is 10.4. The van der Waals surface area contributed by atoms with E-state index in [0.29, 0.717) is 6.54 Å². The summed E-state index contributed by atoms with van der Waals surface area (Å²) in [6.45, 7) is 4.40. The molecule has 0 aromatic carbocycles. The van der Waals surface area contributed by atoms with Gasteiger partial charge in [0.15, 0.2) is 0 Å². The number of nitrogens with zero attached hydrogens (tertiary/aromatic N) is 2. The fraction of sp³-hybridized carbons (Fsp3) is 0.600. The van der Waals surface area contributed by atoms with E-state index in [2.05, 4.69) is 10.3 Å². The largest absolute Gasteiger partial charge is 0.338 e. The number of likely N-dealkylation sites (N-methyl/N-ethyl adjacent to an activating group) is 2. The van der Waals surface area contributed by atoms with E-state index in [1.54, 1.807) is 30.3 Å². The van der Waals surface area contributed by atoms with E-state index in [-0.39, 0.29) is 11.9 Å². The molecular weight excluding hydrogens is 210 g/mol. The number of aromatic nitrogens is 1. The topological polar surface area (TPSA) is 45.2 Å². The van der Waals surface area contributed by atoms with Gasteiger partial charge in [0.05, 0.1) is 23.3 Å². The van der Waals surface area contributed by atoms with E-state index < -0.39 is 0 Å². The second-order valence-corrected chi connectivity index (χ2v) is 4.62. The summed E-state index contributed by atoms with van der Waals surface area (Å²) >= 11 is 1.61. The minimum absolute atomic E-state index is 0.0863. The maximum absolute atomic E-state index is 11.7. The van der Waals surface area contributed by atoms with Crippen molar-refractivity contribution in [1.82, 2.24) is 15.2 Å². The van der Waals surface area contributed by atoms with Crippen LogP contribution in [0, 0.1) is 6.92 Å². The molecule has 15 heavy (non-hydrogen) atoms. The maximum atomic E-state index is 11.7. The molecule has 84 valence electrons. The van der Waals surface area contributed by atoms with Crippen LogP contribution in [-0.4, -0.2) is 35.9 Å². The number of thiazole rings is 1. The third-order valence-electron chi connectivity index (χ3n) is 2.25. The van der Waals surface area contributed by atoms with Crippen molar-refractivity contribution in [3.8, 4) is 0 Å². The summed E-state index contributed by atoms with van der Waals surface area (Å²) in [5, 5.41) is 5.95. The minimum Gasteiger partial charge on any atom is -0.338 e. The summed E-state index contributed by atoms with van der Waals surface area (Å²) in [5.74, 6) is 0.0863. The number of hydrogen-bond acceptors (Lipinski definition) is 4. The number of rotatable bonds is 4. The monoisotopic (exact) mass is 227 g/mol. The molecular formula is C10H17N3OS. The van der Waals surface area contributed by atoms with Gasteiger partial charge in [-0.05, 0) is 20.9 Å². The quantitative estimate of drug-likeness (QED) is 0.835. The second-order valence-electron chi connectivity index (χ2n) is 3.56. The molecule has 1 aromatic heterocycles.